The van der Waals surface area contributed by atoms with Gasteiger partial charge in [0.15, 0.2) is 0 Å². The van der Waals surface area contributed by atoms with Gasteiger partial charge in [-0.05, 0) is 30.5 Å². The lowest BCUT2D eigenvalue weighted by atomic mass is 10.0. The Morgan fingerprint density at radius 2 is 1.23 bits per heavy atom. The molecule has 0 saturated heterocycles. The maximum atomic E-state index is 9.85. The van der Waals surface area contributed by atoms with Crippen LogP contribution in [0.5, 0.6) is 5.75 Å². The van der Waals surface area contributed by atoms with Crippen molar-refractivity contribution in [3.63, 3.8) is 0 Å². The monoisotopic (exact) mass is 366 g/mol. The minimum atomic E-state index is -0.230. The summed E-state index contributed by atoms with van der Waals surface area (Å²) in [4.78, 5) is 0. The molecule has 3 N–H and O–H groups in total. The minimum Gasteiger partial charge on any atom is -0.507 e. The lowest BCUT2D eigenvalue weighted by Gasteiger charge is -2.11. The molecule has 4 heteroatoms. The second-order valence-electron chi connectivity index (χ2n) is 7.12. The molecule has 0 fully saturated rings. The van der Waals surface area contributed by atoms with Crippen LogP contribution in [0, 0.1) is 0 Å². The average Bonchev–Trinajstić information content (AvgIpc) is 2.66. The third kappa shape index (κ3) is 9.56. The van der Waals surface area contributed by atoms with Crippen LogP contribution >= 0.6 is 0 Å². The van der Waals surface area contributed by atoms with Crippen molar-refractivity contribution in [1.82, 2.24) is 0 Å². The molecule has 0 aliphatic carbocycles. The van der Waals surface area contributed by atoms with Gasteiger partial charge < -0.3 is 20.1 Å². The molecule has 0 aliphatic rings. The summed E-state index contributed by atoms with van der Waals surface area (Å²) in [5.41, 5.74) is 1.89. The fourth-order valence-corrected chi connectivity index (χ4v) is 3.20. The molecule has 1 aromatic carbocycles. The number of hydrogen-bond donors (Lipinski definition) is 3. The Labute approximate surface area is 159 Å². The number of aliphatic hydroxyl groups excluding tert-OH is 2. The van der Waals surface area contributed by atoms with Crippen molar-refractivity contribution in [2.24, 2.45) is 0 Å². The van der Waals surface area contributed by atoms with E-state index in [1.54, 1.807) is 12.1 Å². The Hall–Kier alpha value is -1.10. The third-order valence-electron chi connectivity index (χ3n) is 4.85. The van der Waals surface area contributed by atoms with Crippen molar-refractivity contribution in [2.75, 3.05) is 13.2 Å². The topological polar surface area (TPSA) is 69.9 Å². The van der Waals surface area contributed by atoms with Gasteiger partial charge in [0.05, 0.1) is 19.8 Å². The van der Waals surface area contributed by atoms with Crippen molar-refractivity contribution >= 4 is 0 Å². The van der Waals surface area contributed by atoms with Crippen LogP contribution in [0.1, 0.15) is 87.8 Å². The van der Waals surface area contributed by atoms with E-state index in [-0.39, 0.29) is 19.0 Å². The summed E-state index contributed by atoms with van der Waals surface area (Å²) in [6.07, 6.45) is 13.9. The van der Waals surface area contributed by atoms with Crippen molar-refractivity contribution in [1.29, 1.82) is 0 Å². The van der Waals surface area contributed by atoms with E-state index in [2.05, 4.69) is 6.92 Å². The molecule has 1 rings (SSSR count). The predicted octanol–water partition coefficient (Wildman–Crippen LogP) is 4.86. The van der Waals surface area contributed by atoms with Gasteiger partial charge in [0.2, 0.25) is 0 Å². The Kier molecular flexibility index (Phi) is 13.2. The van der Waals surface area contributed by atoms with Crippen LogP contribution < -0.4 is 0 Å². The first-order valence-electron chi connectivity index (χ1n) is 10.4. The number of aromatic hydroxyl groups is 1. The number of hydrogen-bond acceptors (Lipinski definition) is 4. The lowest BCUT2D eigenvalue weighted by Crippen LogP contribution is -2.02. The number of aliphatic hydroxyl groups is 2. The predicted molar refractivity (Wildman–Crippen MR) is 106 cm³/mol. The molecule has 1 aromatic rings. The van der Waals surface area contributed by atoms with Crippen LogP contribution in [-0.2, 0) is 24.4 Å². The number of rotatable bonds is 16. The Morgan fingerprint density at radius 1 is 0.731 bits per heavy atom. The van der Waals surface area contributed by atoms with E-state index >= 15 is 0 Å². The molecule has 4 nitrogen and oxygen atoms in total. The molecular formula is C22H38O4. The van der Waals surface area contributed by atoms with Gasteiger partial charge in [0.25, 0.3) is 0 Å². The number of phenols is 1. The van der Waals surface area contributed by atoms with Gasteiger partial charge in [-0.1, -0.05) is 64.7 Å². The smallest absolute Gasteiger partial charge is 0.126 e. The van der Waals surface area contributed by atoms with E-state index in [9.17, 15) is 15.3 Å². The molecule has 26 heavy (non-hydrogen) atoms. The summed E-state index contributed by atoms with van der Waals surface area (Å²) < 4.78 is 5.70. The van der Waals surface area contributed by atoms with Gasteiger partial charge in [-0.25, -0.2) is 0 Å². The van der Waals surface area contributed by atoms with Gasteiger partial charge in [-0.2, -0.15) is 0 Å². The van der Waals surface area contributed by atoms with E-state index in [1.165, 1.54) is 57.8 Å². The largest absolute Gasteiger partial charge is 0.507 e. The number of ether oxygens (including phenoxy) is 1. The Balaban J connectivity index is 2.04. The zero-order valence-electron chi connectivity index (χ0n) is 16.5. The van der Waals surface area contributed by atoms with Gasteiger partial charge in [-0.15, -0.1) is 0 Å². The van der Waals surface area contributed by atoms with Gasteiger partial charge in [0.1, 0.15) is 5.75 Å². The SMILES string of the molecule is CCCCCCCCCCCCOCCc1cc(CO)c(O)c(CO)c1. The second-order valence-corrected chi connectivity index (χ2v) is 7.12. The Bertz CT molecular complexity index is 448. The van der Waals surface area contributed by atoms with Crippen molar-refractivity contribution in [2.45, 2.75) is 90.8 Å². The normalized spacial score (nSPS) is 11.2. The first-order chi connectivity index (χ1) is 12.7. The van der Waals surface area contributed by atoms with E-state index in [4.69, 9.17) is 4.74 Å². The average molecular weight is 367 g/mol. The molecule has 0 unspecified atom stereocenters. The van der Waals surface area contributed by atoms with E-state index in [0.29, 0.717) is 17.7 Å². The first kappa shape index (κ1) is 22.9. The fraction of sp³-hybridized carbons (Fsp3) is 0.727. The molecule has 150 valence electrons. The third-order valence-corrected chi connectivity index (χ3v) is 4.85. The van der Waals surface area contributed by atoms with Crippen LogP contribution in [0.15, 0.2) is 12.1 Å². The zero-order chi connectivity index (χ0) is 19.0. The fourth-order valence-electron chi connectivity index (χ4n) is 3.20. The molecule has 0 bridgehead atoms. The maximum absolute atomic E-state index is 9.85. The van der Waals surface area contributed by atoms with Crippen LogP contribution in [0.25, 0.3) is 0 Å². The highest BCUT2D eigenvalue weighted by molar-refractivity contribution is 5.43. The first-order valence-corrected chi connectivity index (χ1v) is 10.4. The molecule has 0 saturated carbocycles. The summed E-state index contributed by atoms with van der Waals surface area (Å²) in [6, 6.07) is 3.55. The molecule has 0 amide bonds. The minimum absolute atomic E-state index is 0.00923. The van der Waals surface area contributed by atoms with Crippen LogP contribution in [-0.4, -0.2) is 28.5 Å². The molecule has 0 radical (unpaired) electrons. The Morgan fingerprint density at radius 3 is 1.73 bits per heavy atom. The zero-order valence-corrected chi connectivity index (χ0v) is 16.5. The van der Waals surface area contributed by atoms with Gasteiger partial charge >= 0.3 is 0 Å². The molecule has 0 aromatic heterocycles. The van der Waals surface area contributed by atoms with Gasteiger partial charge in [-0.3, -0.25) is 0 Å². The summed E-state index contributed by atoms with van der Waals surface area (Å²) in [5, 5.41) is 28.4. The van der Waals surface area contributed by atoms with Crippen molar-refractivity contribution in [3.8, 4) is 5.75 Å². The number of unbranched alkanes of at least 4 members (excludes halogenated alkanes) is 9. The summed E-state index contributed by atoms with van der Waals surface area (Å²) in [6.45, 7) is 3.20. The van der Waals surface area contributed by atoms with Crippen molar-refractivity contribution < 1.29 is 20.1 Å². The maximum Gasteiger partial charge on any atom is 0.126 e. The highest BCUT2D eigenvalue weighted by Gasteiger charge is 2.08. The van der Waals surface area contributed by atoms with Crippen molar-refractivity contribution in [3.05, 3.63) is 28.8 Å². The van der Waals surface area contributed by atoms with Crippen LogP contribution in [0.4, 0.5) is 0 Å². The quantitative estimate of drug-likeness (QED) is 0.366. The lowest BCUT2D eigenvalue weighted by molar-refractivity contribution is 0.132. The highest BCUT2D eigenvalue weighted by Crippen LogP contribution is 2.25. The molecule has 0 heterocycles. The van der Waals surface area contributed by atoms with E-state index < -0.39 is 0 Å². The summed E-state index contributed by atoms with van der Waals surface area (Å²) in [5.74, 6) is -0.00923. The second kappa shape index (κ2) is 15.0. The molecule has 0 atom stereocenters. The summed E-state index contributed by atoms with van der Waals surface area (Å²) in [7, 11) is 0. The molecule has 0 spiro atoms. The van der Waals surface area contributed by atoms with E-state index in [0.717, 1.165) is 25.0 Å². The van der Waals surface area contributed by atoms with Crippen LogP contribution in [0.2, 0.25) is 0 Å². The standard InChI is InChI=1S/C22H38O4/c1-2-3-4-5-6-7-8-9-10-11-13-26-14-12-19-15-20(17-23)22(25)21(16-19)18-24/h15-16,23-25H,2-14,17-18H2,1H3. The van der Waals surface area contributed by atoms with Crippen LogP contribution in [0.3, 0.4) is 0 Å². The number of benzene rings is 1. The van der Waals surface area contributed by atoms with Gasteiger partial charge in [0, 0.05) is 17.7 Å². The molecule has 0 aliphatic heterocycles. The van der Waals surface area contributed by atoms with E-state index in [1.807, 2.05) is 0 Å². The summed E-state index contributed by atoms with van der Waals surface area (Å²) >= 11 is 0. The molecular weight excluding hydrogens is 328 g/mol. The highest BCUT2D eigenvalue weighted by atomic mass is 16.5.